The van der Waals surface area contributed by atoms with E-state index in [2.05, 4.69) is 5.10 Å². The van der Waals surface area contributed by atoms with E-state index >= 15 is 0 Å². The molecule has 3 heterocycles. The van der Waals surface area contributed by atoms with Gasteiger partial charge in [-0.2, -0.15) is 14.1 Å². The van der Waals surface area contributed by atoms with Crippen molar-refractivity contribution in [1.29, 1.82) is 0 Å². The van der Waals surface area contributed by atoms with Crippen molar-refractivity contribution >= 4 is 27.0 Å². The Morgan fingerprint density at radius 3 is 2.39 bits per heavy atom. The number of aromatic nitrogens is 2. The van der Waals surface area contributed by atoms with Crippen molar-refractivity contribution in [1.82, 2.24) is 14.1 Å². The van der Waals surface area contributed by atoms with Gasteiger partial charge in [0.05, 0.1) is 11.9 Å². The van der Waals surface area contributed by atoms with Crippen LogP contribution in [0.4, 0.5) is 18.9 Å². The normalized spacial score (nSPS) is 21.1. The van der Waals surface area contributed by atoms with Gasteiger partial charge in [-0.05, 0) is 36.4 Å². The van der Waals surface area contributed by atoms with Gasteiger partial charge in [-0.1, -0.05) is 6.07 Å². The lowest BCUT2D eigenvalue weighted by molar-refractivity contribution is 0.193. The van der Waals surface area contributed by atoms with Crippen molar-refractivity contribution in [3.63, 3.8) is 0 Å². The number of piperazine rings is 1. The van der Waals surface area contributed by atoms with Crippen molar-refractivity contribution in [2.45, 2.75) is 35.7 Å². The van der Waals surface area contributed by atoms with E-state index in [1.807, 2.05) is 0 Å². The van der Waals surface area contributed by atoms with Gasteiger partial charge in [0.1, 0.15) is 33.8 Å². The van der Waals surface area contributed by atoms with Crippen molar-refractivity contribution < 1.29 is 26.3 Å². The summed E-state index contributed by atoms with van der Waals surface area (Å²) in [7, 11) is -3.62. The van der Waals surface area contributed by atoms with Gasteiger partial charge in [0.2, 0.25) is 5.75 Å². The summed E-state index contributed by atoms with van der Waals surface area (Å²) in [5.41, 5.74) is -0.535. The molecule has 2 atom stereocenters. The fraction of sp³-hybridized carbons (Fsp3) is 0.391. The monoisotopic (exact) mass is 540 g/mol. The Bertz CT molecular complexity index is 1390. The molecule has 1 aliphatic heterocycles. The van der Waals surface area contributed by atoms with Crippen molar-refractivity contribution in [3.05, 3.63) is 63.9 Å². The molecule has 0 bridgehead atoms. The standard InChI is InChI=1S/C23H23F3N4O4S2/c24-15-3-4-19(13-15)34-22-20(14-27-30(23(22)31)18-11-16(25)10-17(26)12-18)28-5-7-29(8-6-28)36(32,33)21-2-1-9-35-21/h1-2,9-12,14-15,19H,3-8,13H2. The van der Waals surface area contributed by atoms with Crippen molar-refractivity contribution in [2.75, 3.05) is 31.1 Å². The molecule has 8 nitrogen and oxygen atoms in total. The topological polar surface area (TPSA) is 84.7 Å². The maximum atomic E-state index is 13.8. The van der Waals surface area contributed by atoms with Crippen LogP contribution < -0.4 is 15.2 Å². The van der Waals surface area contributed by atoms with Crippen LogP contribution in [-0.4, -0.2) is 61.0 Å². The molecule has 1 saturated carbocycles. The summed E-state index contributed by atoms with van der Waals surface area (Å²) >= 11 is 1.14. The molecule has 0 amide bonds. The summed E-state index contributed by atoms with van der Waals surface area (Å²) < 4.78 is 75.6. The highest BCUT2D eigenvalue weighted by Crippen LogP contribution is 2.32. The van der Waals surface area contributed by atoms with E-state index < -0.39 is 39.5 Å². The number of thiophene rings is 1. The van der Waals surface area contributed by atoms with E-state index in [1.165, 1.54) is 10.5 Å². The Labute approximate surface area is 209 Å². The molecule has 0 spiro atoms. The van der Waals surface area contributed by atoms with Crippen LogP contribution in [0.1, 0.15) is 19.3 Å². The molecule has 2 aromatic heterocycles. The van der Waals surface area contributed by atoms with Crippen LogP contribution >= 0.6 is 11.3 Å². The second-order valence-corrected chi connectivity index (χ2v) is 11.8. The Morgan fingerprint density at radius 1 is 1.06 bits per heavy atom. The molecule has 1 saturated heterocycles. The van der Waals surface area contributed by atoms with Crippen LogP contribution in [0.25, 0.3) is 5.69 Å². The van der Waals surface area contributed by atoms with Crippen LogP contribution in [0, 0.1) is 11.6 Å². The summed E-state index contributed by atoms with van der Waals surface area (Å²) in [4.78, 5) is 15.2. The number of hydrogen-bond donors (Lipinski definition) is 0. The van der Waals surface area contributed by atoms with E-state index in [-0.39, 0.29) is 48.2 Å². The summed E-state index contributed by atoms with van der Waals surface area (Å²) in [6.07, 6.45) is 0.642. The lowest BCUT2D eigenvalue weighted by atomic mass is 10.2. The highest BCUT2D eigenvalue weighted by atomic mass is 32.2. The average molecular weight is 541 g/mol. The van der Waals surface area contributed by atoms with Crippen LogP contribution in [0.15, 0.2) is 50.9 Å². The van der Waals surface area contributed by atoms with E-state index in [9.17, 15) is 26.4 Å². The third-order valence-corrected chi connectivity index (χ3v) is 9.55. The first-order valence-electron chi connectivity index (χ1n) is 11.4. The number of anilines is 1. The molecule has 2 fully saturated rings. The molecule has 1 aromatic carbocycles. The second-order valence-electron chi connectivity index (χ2n) is 8.68. The number of hydrogen-bond acceptors (Lipinski definition) is 7. The highest BCUT2D eigenvalue weighted by molar-refractivity contribution is 7.91. The fourth-order valence-corrected chi connectivity index (χ4v) is 7.05. The quantitative estimate of drug-likeness (QED) is 0.477. The summed E-state index contributed by atoms with van der Waals surface area (Å²) in [6, 6.07) is 5.86. The summed E-state index contributed by atoms with van der Waals surface area (Å²) in [5, 5.41) is 5.81. The van der Waals surface area contributed by atoms with Crippen LogP contribution in [0.5, 0.6) is 5.75 Å². The molecule has 5 rings (SSSR count). The number of benzene rings is 1. The number of rotatable bonds is 6. The first-order valence-corrected chi connectivity index (χ1v) is 13.7. The van der Waals surface area contributed by atoms with Gasteiger partial charge >= 0.3 is 5.56 Å². The van der Waals surface area contributed by atoms with Crippen LogP contribution in [0.2, 0.25) is 0 Å². The Morgan fingerprint density at radius 2 is 1.78 bits per heavy atom. The minimum Gasteiger partial charge on any atom is -0.483 e. The fourth-order valence-electron chi connectivity index (χ4n) is 4.48. The van der Waals surface area contributed by atoms with E-state index in [4.69, 9.17) is 4.74 Å². The van der Waals surface area contributed by atoms with Crippen LogP contribution in [-0.2, 0) is 10.0 Å². The lowest BCUT2D eigenvalue weighted by Crippen LogP contribution is -2.49. The number of sulfonamides is 1. The highest BCUT2D eigenvalue weighted by Gasteiger charge is 2.33. The lowest BCUT2D eigenvalue weighted by Gasteiger charge is -2.35. The smallest absolute Gasteiger partial charge is 0.316 e. The zero-order chi connectivity index (χ0) is 25.4. The number of ether oxygens (including phenoxy) is 1. The first-order chi connectivity index (χ1) is 17.2. The Kier molecular flexibility index (Phi) is 6.79. The second kappa shape index (κ2) is 9.87. The number of nitrogens with zero attached hydrogens (tertiary/aromatic N) is 4. The Hall–Kier alpha value is -2.90. The van der Waals surface area contributed by atoms with Gasteiger partial charge in [-0.15, -0.1) is 11.3 Å². The first kappa shape index (κ1) is 24.8. The van der Waals surface area contributed by atoms with E-state index in [0.29, 0.717) is 24.6 Å². The maximum Gasteiger partial charge on any atom is 0.316 e. The molecule has 3 aromatic rings. The van der Waals surface area contributed by atoms with E-state index in [0.717, 1.165) is 28.2 Å². The number of alkyl halides is 1. The van der Waals surface area contributed by atoms with Gasteiger partial charge in [0.25, 0.3) is 10.0 Å². The summed E-state index contributed by atoms with van der Waals surface area (Å²) in [6.45, 7) is 0.871. The third kappa shape index (κ3) is 4.87. The molecule has 2 unspecified atom stereocenters. The van der Waals surface area contributed by atoms with Crippen molar-refractivity contribution in [3.8, 4) is 11.4 Å². The molecule has 2 aliphatic rings. The molecular weight excluding hydrogens is 517 g/mol. The van der Waals surface area contributed by atoms with Crippen LogP contribution in [0.3, 0.4) is 0 Å². The number of halogens is 3. The zero-order valence-electron chi connectivity index (χ0n) is 19.0. The predicted octanol–water partition coefficient (Wildman–Crippen LogP) is 3.35. The van der Waals surface area contributed by atoms with Gasteiger partial charge in [0.15, 0.2) is 0 Å². The van der Waals surface area contributed by atoms with Gasteiger partial charge in [-0.3, -0.25) is 4.79 Å². The minimum atomic E-state index is -3.62. The molecule has 13 heteroatoms. The SMILES string of the molecule is O=c1c(OC2CCC(F)C2)c(N2CCN(S(=O)(=O)c3cccs3)CC2)cnn1-c1cc(F)cc(F)c1. The molecule has 36 heavy (non-hydrogen) atoms. The zero-order valence-corrected chi connectivity index (χ0v) is 20.7. The molecule has 0 N–H and O–H groups in total. The van der Waals surface area contributed by atoms with Crippen molar-refractivity contribution in [2.24, 2.45) is 0 Å². The minimum absolute atomic E-state index is 0.108. The predicted molar refractivity (Wildman–Crippen MR) is 128 cm³/mol. The third-order valence-electron chi connectivity index (χ3n) is 6.28. The largest absolute Gasteiger partial charge is 0.483 e. The van der Waals surface area contributed by atoms with Gasteiger partial charge in [0, 0.05) is 38.7 Å². The average Bonchev–Trinajstić information content (AvgIpc) is 3.52. The molecule has 192 valence electrons. The van der Waals surface area contributed by atoms with E-state index in [1.54, 1.807) is 22.4 Å². The Balaban J connectivity index is 1.46. The molecule has 1 aliphatic carbocycles. The molecule has 0 radical (unpaired) electrons. The van der Waals surface area contributed by atoms with Gasteiger partial charge in [-0.25, -0.2) is 21.6 Å². The molecular formula is C23H23F3N4O4S2. The maximum absolute atomic E-state index is 13.8. The summed E-state index contributed by atoms with van der Waals surface area (Å²) in [5.74, 6) is -1.85. The van der Waals surface area contributed by atoms with Gasteiger partial charge < -0.3 is 9.64 Å².